The molecule has 5 fully saturated rings. The number of carbonyl (C=O) groups is 5. The number of ether oxygens (including phenoxy) is 6. The number of furan rings is 1. The van der Waals surface area contributed by atoms with Crippen LogP contribution in [-0.4, -0.2) is 66.0 Å². The molecule has 0 radical (unpaired) electrons. The molecule has 1 aromatic rings. The number of carbonyl (C=O) groups excluding carboxylic acids is 5. The first-order valence-electron chi connectivity index (χ1n) is 15.9. The van der Waals surface area contributed by atoms with Gasteiger partial charge in [0.15, 0.2) is 6.10 Å². The third-order valence-corrected chi connectivity index (χ3v) is 12.4. The van der Waals surface area contributed by atoms with E-state index in [-0.39, 0.29) is 25.2 Å². The Bertz CT molecular complexity index is 1470. The Morgan fingerprint density at radius 1 is 0.783 bits per heavy atom. The molecule has 0 N–H and O–H groups in total. The molecule has 1 spiro atoms. The van der Waals surface area contributed by atoms with Crippen molar-refractivity contribution in [1.29, 1.82) is 0 Å². The highest BCUT2D eigenvalue weighted by molar-refractivity contribution is 5.82. The van der Waals surface area contributed by atoms with Crippen LogP contribution in [0.3, 0.4) is 0 Å². The molecule has 5 aliphatic rings. The molecule has 3 saturated carbocycles. The molecule has 0 aromatic carbocycles. The van der Waals surface area contributed by atoms with Gasteiger partial charge < -0.3 is 32.8 Å². The van der Waals surface area contributed by atoms with Crippen molar-refractivity contribution >= 4 is 29.8 Å². The molecule has 1 unspecified atom stereocenters. The maximum Gasteiger partial charge on any atom is 0.339 e. The smallest absolute Gasteiger partial charge is 0.339 e. The summed E-state index contributed by atoms with van der Waals surface area (Å²) in [5.74, 6) is -3.59. The van der Waals surface area contributed by atoms with Crippen molar-refractivity contribution < 1.29 is 56.8 Å². The molecule has 0 bridgehead atoms. The number of rotatable bonds is 5. The quantitative estimate of drug-likeness (QED) is 0.256. The minimum absolute atomic E-state index is 0.199. The Labute approximate surface area is 268 Å². The standard InChI is InChI=1S/C34H44O12/c1-16(35)41-21-14-31(7)27(20-10-11-40-15-20)45-29(39)28-34(31,46-28)33(9)25(44-19(4)38)12-22-30(5,6)23(42-17(2)36)13-24(43-18(3)37)32(22,8)26(21)33/h10-11,15,21-28H,12-14H2,1-9H3/t21-,22+,23-,24+,25+,26?,27+,28+,31-,32+,33+,34-/m0/s1. The van der Waals surface area contributed by atoms with Crippen molar-refractivity contribution in [2.24, 2.45) is 33.5 Å². The van der Waals surface area contributed by atoms with Crippen molar-refractivity contribution in [1.82, 2.24) is 0 Å². The summed E-state index contributed by atoms with van der Waals surface area (Å²) >= 11 is 0. The van der Waals surface area contributed by atoms with Crippen LogP contribution in [0.1, 0.15) is 93.2 Å². The molecule has 2 aliphatic heterocycles. The SMILES string of the molecule is CC(=O)O[C@H]1C[C@@]2(C)[C@@H](c3ccoc3)OC(=O)[C@H]3O[C@@]32[C@@]2(C)C1[C@]1(C)[C@H](C[C@H]2OC(C)=O)C(C)(C)[C@@H](OC(C)=O)C[C@H]1OC(C)=O. The van der Waals surface area contributed by atoms with Crippen LogP contribution in [0.25, 0.3) is 0 Å². The van der Waals surface area contributed by atoms with Crippen molar-refractivity contribution in [3.8, 4) is 0 Å². The van der Waals surface area contributed by atoms with E-state index in [9.17, 15) is 24.0 Å². The minimum Gasteiger partial charge on any atom is -0.472 e. The lowest BCUT2D eigenvalue weighted by Gasteiger charge is -2.72. The van der Waals surface area contributed by atoms with E-state index in [4.69, 9.17) is 32.8 Å². The number of hydrogen-bond donors (Lipinski definition) is 0. The van der Waals surface area contributed by atoms with Gasteiger partial charge in [-0.3, -0.25) is 19.2 Å². The number of esters is 5. The number of cyclic esters (lactones) is 1. The zero-order valence-corrected chi connectivity index (χ0v) is 27.9. The Hall–Kier alpha value is -3.41. The van der Waals surface area contributed by atoms with E-state index in [0.717, 1.165) is 0 Å². The summed E-state index contributed by atoms with van der Waals surface area (Å²) in [6, 6.07) is 1.73. The number of fused-ring (bicyclic) bond motifs is 3. The molecule has 46 heavy (non-hydrogen) atoms. The Balaban J connectivity index is 1.62. The molecule has 12 nitrogen and oxygen atoms in total. The maximum absolute atomic E-state index is 13.7. The van der Waals surface area contributed by atoms with Gasteiger partial charge in [-0.25, -0.2) is 4.79 Å². The second kappa shape index (κ2) is 10.3. The van der Waals surface area contributed by atoms with Crippen molar-refractivity contribution in [3.63, 3.8) is 0 Å². The van der Waals surface area contributed by atoms with Crippen LogP contribution in [0.2, 0.25) is 0 Å². The van der Waals surface area contributed by atoms with Gasteiger partial charge in [0.05, 0.1) is 12.5 Å². The first-order chi connectivity index (χ1) is 21.3. The fourth-order valence-electron chi connectivity index (χ4n) is 11.0. The minimum atomic E-state index is -1.22. The largest absolute Gasteiger partial charge is 0.472 e. The van der Waals surface area contributed by atoms with E-state index in [1.807, 2.05) is 34.6 Å². The van der Waals surface area contributed by atoms with Gasteiger partial charge >= 0.3 is 29.8 Å². The third kappa shape index (κ3) is 4.17. The summed E-state index contributed by atoms with van der Waals surface area (Å²) < 4.78 is 42.5. The fraction of sp³-hybridized carbons (Fsp3) is 0.735. The van der Waals surface area contributed by atoms with Crippen LogP contribution >= 0.6 is 0 Å². The topological polar surface area (TPSA) is 157 Å². The van der Waals surface area contributed by atoms with Gasteiger partial charge in [-0.1, -0.05) is 34.6 Å². The van der Waals surface area contributed by atoms with E-state index in [1.165, 1.54) is 40.2 Å². The lowest BCUT2D eigenvalue weighted by molar-refractivity contribution is -0.320. The maximum atomic E-state index is 13.7. The van der Waals surface area contributed by atoms with Crippen LogP contribution in [0.5, 0.6) is 0 Å². The summed E-state index contributed by atoms with van der Waals surface area (Å²) in [6.07, 6.45) is -1.13. The Morgan fingerprint density at radius 2 is 1.37 bits per heavy atom. The fourth-order valence-corrected chi connectivity index (χ4v) is 11.0. The van der Waals surface area contributed by atoms with Gasteiger partial charge in [0.25, 0.3) is 0 Å². The summed E-state index contributed by atoms with van der Waals surface area (Å²) in [5.41, 5.74) is -4.36. The van der Waals surface area contributed by atoms with Crippen LogP contribution < -0.4 is 0 Å². The predicted octanol–water partition coefficient (Wildman–Crippen LogP) is 4.23. The predicted molar refractivity (Wildman–Crippen MR) is 156 cm³/mol. The highest BCUT2D eigenvalue weighted by Crippen LogP contribution is 2.81. The Morgan fingerprint density at radius 3 is 1.93 bits per heavy atom. The van der Waals surface area contributed by atoms with Gasteiger partial charge in [-0.2, -0.15) is 0 Å². The first-order valence-corrected chi connectivity index (χ1v) is 15.9. The number of hydrogen-bond acceptors (Lipinski definition) is 12. The third-order valence-electron chi connectivity index (χ3n) is 12.4. The molecule has 6 rings (SSSR count). The van der Waals surface area contributed by atoms with Gasteiger partial charge in [0, 0.05) is 67.3 Å². The number of epoxide rings is 1. The van der Waals surface area contributed by atoms with Crippen LogP contribution in [0, 0.1) is 33.5 Å². The van der Waals surface area contributed by atoms with E-state index < -0.39 is 99.6 Å². The summed E-state index contributed by atoms with van der Waals surface area (Å²) in [5, 5.41) is 0. The zero-order chi connectivity index (χ0) is 33.8. The molecule has 3 aliphatic carbocycles. The second-order valence-corrected chi connectivity index (χ2v) is 15.1. The average molecular weight is 645 g/mol. The lowest BCUT2D eigenvalue weighted by Crippen LogP contribution is -2.78. The molecule has 12 atom stereocenters. The van der Waals surface area contributed by atoms with Crippen molar-refractivity contribution in [3.05, 3.63) is 24.2 Å². The van der Waals surface area contributed by atoms with Crippen LogP contribution in [0.15, 0.2) is 23.0 Å². The van der Waals surface area contributed by atoms with Gasteiger partial charge in [0.2, 0.25) is 0 Å². The molecule has 3 heterocycles. The average Bonchev–Trinajstić information content (AvgIpc) is 3.50. The highest BCUT2D eigenvalue weighted by Gasteiger charge is 2.91. The van der Waals surface area contributed by atoms with E-state index in [2.05, 4.69) is 0 Å². The van der Waals surface area contributed by atoms with Gasteiger partial charge in [-0.05, 0) is 24.8 Å². The first kappa shape index (κ1) is 32.5. The summed E-state index contributed by atoms with van der Waals surface area (Å²) in [4.78, 5) is 64.5. The van der Waals surface area contributed by atoms with Gasteiger partial charge in [0.1, 0.15) is 36.1 Å². The van der Waals surface area contributed by atoms with Crippen molar-refractivity contribution in [2.45, 2.75) is 124 Å². The molecular formula is C34H44O12. The normalized spacial score (nSPS) is 44.9. The molecule has 0 amide bonds. The van der Waals surface area contributed by atoms with E-state index in [0.29, 0.717) is 5.56 Å². The molecular weight excluding hydrogens is 600 g/mol. The van der Waals surface area contributed by atoms with Gasteiger partial charge in [-0.15, -0.1) is 0 Å². The monoisotopic (exact) mass is 644 g/mol. The van der Waals surface area contributed by atoms with E-state index >= 15 is 0 Å². The lowest BCUT2D eigenvalue weighted by atomic mass is 9.33. The van der Waals surface area contributed by atoms with Crippen molar-refractivity contribution in [2.75, 3.05) is 0 Å². The Kier molecular flexibility index (Phi) is 7.28. The second-order valence-electron chi connectivity index (χ2n) is 15.1. The van der Waals surface area contributed by atoms with Crippen LogP contribution in [-0.2, 0) is 52.4 Å². The molecule has 1 aromatic heterocycles. The van der Waals surface area contributed by atoms with Crippen LogP contribution in [0.4, 0.5) is 0 Å². The zero-order valence-electron chi connectivity index (χ0n) is 27.9. The highest BCUT2D eigenvalue weighted by atomic mass is 16.7. The molecule has 12 heteroatoms. The molecule has 2 saturated heterocycles. The summed E-state index contributed by atoms with van der Waals surface area (Å²) in [7, 11) is 0. The van der Waals surface area contributed by atoms with E-state index in [1.54, 1.807) is 6.07 Å². The summed E-state index contributed by atoms with van der Waals surface area (Å²) in [6.45, 7) is 15.3. The molecule has 252 valence electrons.